The summed E-state index contributed by atoms with van der Waals surface area (Å²) >= 11 is 6.00. The van der Waals surface area contributed by atoms with Crippen LogP contribution in [0.2, 0.25) is 5.02 Å². The minimum absolute atomic E-state index is 0. The van der Waals surface area contributed by atoms with Crippen molar-refractivity contribution in [2.24, 2.45) is 5.92 Å². The quantitative estimate of drug-likeness (QED) is 0.785. The molecule has 1 saturated carbocycles. The molecule has 1 unspecified atom stereocenters. The molecule has 0 amide bonds. The van der Waals surface area contributed by atoms with Gasteiger partial charge < -0.3 is 10.4 Å². The van der Waals surface area contributed by atoms with Crippen molar-refractivity contribution in [3.63, 3.8) is 0 Å². The molecule has 2 rings (SSSR count). The van der Waals surface area contributed by atoms with Gasteiger partial charge in [0.2, 0.25) is 0 Å². The van der Waals surface area contributed by atoms with Gasteiger partial charge >= 0.3 is 0 Å². The van der Waals surface area contributed by atoms with E-state index in [-0.39, 0.29) is 23.8 Å². The lowest BCUT2D eigenvalue weighted by Crippen LogP contribution is -2.52. The molecule has 1 aliphatic rings. The Morgan fingerprint density at radius 3 is 2.19 bits per heavy atom. The molecule has 1 fully saturated rings. The van der Waals surface area contributed by atoms with Crippen LogP contribution in [0.3, 0.4) is 0 Å². The van der Waals surface area contributed by atoms with Crippen LogP contribution in [0, 0.1) is 5.92 Å². The van der Waals surface area contributed by atoms with E-state index in [1.54, 1.807) is 12.1 Å². The highest BCUT2D eigenvalue weighted by atomic mass is 35.5. The van der Waals surface area contributed by atoms with E-state index in [1.807, 2.05) is 26.0 Å². The summed E-state index contributed by atoms with van der Waals surface area (Å²) in [5.74, 6) is 0.182. The summed E-state index contributed by atoms with van der Waals surface area (Å²) in [6.45, 7) is -1.36. The minimum Gasteiger partial charge on any atom is -0.412 e. The highest BCUT2D eigenvalue weighted by molar-refractivity contribution is 6.30. The van der Waals surface area contributed by atoms with Crippen molar-refractivity contribution < 1.29 is 13.7 Å². The van der Waals surface area contributed by atoms with Crippen LogP contribution < -0.4 is 0 Å². The molecule has 1 atom stereocenters. The Bertz CT molecular complexity index is 571. The molecule has 1 aliphatic carbocycles. The molecule has 122 valence electrons. The first kappa shape index (κ1) is 12.2. The van der Waals surface area contributed by atoms with E-state index in [0.717, 1.165) is 29.7 Å². The van der Waals surface area contributed by atoms with Crippen molar-refractivity contribution in [2.75, 3.05) is 14.0 Å². The SMILES string of the molecule is Cl.O.[2H]C([2H])([2H])N(C(CC(C)C)C1(c2ccc(Cl)cc2)CCC1)C([2H])([2H])[2H]. The highest BCUT2D eigenvalue weighted by Gasteiger charge is 2.46. The standard InChI is InChI=1S/C17H26ClN.ClH.H2O/c1-13(2)12-16(19(3)4)17(10-5-11-17)14-6-8-15(18)9-7-14;;/h6-9,13,16H,5,10-12H2,1-4H3;1H;1H2/i3D3,4D3;;. The third kappa shape index (κ3) is 4.35. The molecule has 0 aliphatic heterocycles. The summed E-state index contributed by atoms with van der Waals surface area (Å²) in [6.07, 6.45) is 3.05. The van der Waals surface area contributed by atoms with Gasteiger partial charge in [0.15, 0.2) is 0 Å². The molecule has 1 aromatic rings. The van der Waals surface area contributed by atoms with E-state index in [0.29, 0.717) is 11.4 Å². The van der Waals surface area contributed by atoms with Crippen molar-refractivity contribution >= 4 is 24.0 Å². The van der Waals surface area contributed by atoms with Gasteiger partial charge in [0.1, 0.15) is 0 Å². The summed E-state index contributed by atoms with van der Waals surface area (Å²) in [4.78, 5) is 0.799. The number of benzene rings is 1. The number of hydrogen-bond donors (Lipinski definition) is 0. The topological polar surface area (TPSA) is 34.7 Å². The molecule has 4 heteroatoms. The fraction of sp³-hybridized carbons (Fsp3) is 0.647. The van der Waals surface area contributed by atoms with Crippen LogP contribution in [0.25, 0.3) is 0 Å². The van der Waals surface area contributed by atoms with Gasteiger partial charge in [-0.25, -0.2) is 0 Å². The van der Waals surface area contributed by atoms with Crippen LogP contribution in [-0.4, -0.2) is 30.4 Å². The smallest absolute Gasteiger partial charge is 0.0406 e. The molecular weight excluding hydrogens is 305 g/mol. The highest BCUT2D eigenvalue weighted by Crippen LogP contribution is 2.49. The number of rotatable bonds is 5. The third-order valence-electron chi connectivity index (χ3n) is 4.31. The molecular formula is C17H29Cl2NO. The summed E-state index contributed by atoms with van der Waals surface area (Å²) in [7, 11) is 0. The van der Waals surface area contributed by atoms with E-state index in [2.05, 4.69) is 0 Å². The Kier molecular flexibility index (Phi) is 4.86. The first-order chi connectivity index (χ1) is 11.4. The molecule has 1 aromatic carbocycles. The van der Waals surface area contributed by atoms with Gasteiger partial charge in [-0.3, -0.25) is 0 Å². The predicted molar refractivity (Wildman–Crippen MR) is 94.8 cm³/mol. The fourth-order valence-corrected chi connectivity index (χ4v) is 3.30. The first-order valence-electron chi connectivity index (χ1n) is 9.93. The monoisotopic (exact) mass is 339 g/mol. The summed E-state index contributed by atoms with van der Waals surface area (Å²) in [5.41, 5.74) is 0.518. The van der Waals surface area contributed by atoms with Crippen LogP contribution in [-0.2, 0) is 5.41 Å². The average molecular weight is 340 g/mol. The Hall–Kier alpha value is -0.280. The van der Waals surface area contributed by atoms with E-state index in [4.69, 9.17) is 19.8 Å². The zero-order valence-electron chi connectivity index (χ0n) is 18.5. The molecule has 0 bridgehead atoms. The second-order valence-corrected chi connectivity index (χ2v) is 6.47. The molecule has 2 nitrogen and oxygen atoms in total. The van der Waals surface area contributed by atoms with Gasteiger partial charge in [0, 0.05) is 24.7 Å². The number of halogens is 2. The van der Waals surface area contributed by atoms with Crippen molar-refractivity contribution in [2.45, 2.75) is 51.0 Å². The second-order valence-electron chi connectivity index (χ2n) is 6.03. The Balaban J connectivity index is 0.00000338. The van der Waals surface area contributed by atoms with E-state index >= 15 is 0 Å². The van der Waals surface area contributed by atoms with E-state index in [9.17, 15) is 0 Å². The van der Waals surface area contributed by atoms with Gasteiger partial charge in [-0.15, -0.1) is 12.4 Å². The van der Waals surface area contributed by atoms with Crippen molar-refractivity contribution in [3.05, 3.63) is 34.9 Å². The molecule has 21 heavy (non-hydrogen) atoms. The molecule has 0 aromatic heterocycles. The fourth-order valence-electron chi connectivity index (χ4n) is 3.18. The molecule has 0 saturated heterocycles. The van der Waals surface area contributed by atoms with Crippen LogP contribution in [0.15, 0.2) is 24.3 Å². The van der Waals surface area contributed by atoms with Gasteiger partial charge in [-0.05, 0) is 56.8 Å². The zero-order chi connectivity index (χ0) is 19.0. The van der Waals surface area contributed by atoms with Crippen molar-refractivity contribution in [1.82, 2.24) is 4.90 Å². The van der Waals surface area contributed by atoms with E-state index < -0.39 is 25.4 Å². The third-order valence-corrected chi connectivity index (χ3v) is 4.56. The zero-order valence-corrected chi connectivity index (χ0v) is 14.1. The van der Waals surface area contributed by atoms with Crippen LogP contribution in [0.1, 0.15) is 53.3 Å². The maximum absolute atomic E-state index is 7.87. The lowest BCUT2D eigenvalue weighted by Gasteiger charge is -2.51. The summed E-state index contributed by atoms with van der Waals surface area (Å²) in [6, 6.07) is 6.82. The van der Waals surface area contributed by atoms with Crippen LogP contribution >= 0.6 is 24.0 Å². The van der Waals surface area contributed by atoms with Crippen molar-refractivity contribution in [3.8, 4) is 0 Å². The minimum atomic E-state index is -2.68. The number of hydrogen-bond acceptors (Lipinski definition) is 1. The number of likely N-dealkylation sites (N-methyl/N-ethyl adjacent to an activating group) is 1. The van der Waals surface area contributed by atoms with E-state index in [1.165, 1.54) is 0 Å². The van der Waals surface area contributed by atoms with Crippen LogP contribution in [0.4, 0.5) is 0 Å². The second kappa shape index (κ2) is 8.38. The number of nitrogens with zero attached hydrogens (tertiary/aromatic N) is 1. The lowest BCUT2D eigenvalue weighted by atomic mass is 9.58. The maximum Gasteiger partial charge on any atom is 0.0406 e. The maximum atomic E-state index is 7.87. The largest absolute Gasteiger partial charge is 0.412 e. The Labute approximate surface area is 149 Å². The summed E-state index contributed by atoms with van der Waals surface area (Å²) < 4.78 is 47.2. The molecule has 0 spiro atoms. The first-order valence-corrected chi connectivity index (χ1v) is 7.31. The normalized spacial score (nSPS) is 23.1. The van der Waals surface area contributed by atoms with Crippen LogP contribution in [0.5, 0.6) is 0 Å². The average Bonchev–Trinajstić information content (AvgIpc) is 2.35. The molecule has 2 N–H and O–H groups in total. The Morgan fingerprint density at radius 1 is 1.24 bits per heavy atom. The lowest BCUT2D eigenvalue weighted by molar-refractivity contribution is 0.0808. The predicted octanol–water partition coefficient (Wildman–Crippen LogP) is 4.34. The van der Waals surface area contributed by atoms with Gasteiger partial charge in [0.25, 0.3) is 0 Å². The Morgan fingerprint density at radius 2 is 1.81 bits per heavy atom. The molecule has 0 heterocycles. The van der Waals surface area contributed by atoms with Gasteiger partial charge in [-0.2, -0.15) is 0 Å². The van der Waals surface area contributed by atoms with Gasteiger partial charge in [-0.1, -0.05) is 44.0 Å². The van der Waals surface area contributed by atoms with Gasteiger partial charge in [0.05, 0.1) is 0 Å². The molecule has 0 radical (unpaired) electrons. The van der Waals surface area contributed by atoms with Crippen molar-refractivity contribution in [1.29, 1.82) is 0 Å². The summed E-state index contributed by atoms with van der Waals surface area (Å²) in [5, 5.41) is 0.613.